The molecule has 0 bridgehead atoms. The maximum absolute atomic E-state index is 9.10. The summed E-state index contributed by atoms with van der Waals surface area (Å²) in [7, 11) is 0. The number of hydrogen-bond donors (Lipinski definition) is 3. The zero-order valence-corrected chi connectivity index (χ0v) is 12.3. The third-order valence-electron chi connectivity index (χ3n) is 3.63. The minimum atomic E-state index is 0.177. The predicted octanol–water partition coefficient (Wildman–Crippen LogP) is 2.05. The van der Waals surface area contributed by atoms with Crippen LogP contribution in [0, 0.1) is 0 Å². The Morgan fingerprint density at radius 3 is 1.38 bits per heavy atom. The van der Waals surface area contributed by atoms with Crippen molar-refractivity contribution >= 4 is 0 Å². The summed E-state index contributed by atoms with van der Waals surface area (Å²) in [4.78, 5) is 0. The van der Waals surface area contributed by atoms with Gasteiger partial charge in [-0.25, -0.2) is 0 Å². The molecule has 112 valence electrons. The van der Waals surface area contributed by atoms with Crippen LogP contribution in [-0.4, -0.2) is 23.4 Å². The van der Waals surface area contributed by atoms with Gasteiger partial charge in [0, 0.05) is 26.3 Å². The zero-order chi connectivity index (χ0) is 14.9. The molecule has 0 saturated heterocycles. The van der Waals surface area contributed by atoms with Gasteiger partial charge in [-0.05, 0) is 35.1 Å². The molecule has 0 aliphatic carbocycles. The summed E-state index contributed by atoms with van der Waals surface area (Å²) >= 11 is 0. The summed E-state index contributed by atoms with van der Waals surface area (Å²) in [6.07, 6.45) is 1.39. The largest absolute Gasteiger partial charge is 0.396 e. The average Bonchev–Trinajstić information content (AvgIpc) is 2.51. The van der Waals surface area contributed by atoms with E-state index in [1.165, 1.54) is 22.3 Å². The van der Waals surface area contributed by atoms with Crippen molar-refractivity contribution in [2.24, 2.45) is 0 Å². The Hall–Kier alpha value is -1.68. The van der Waals surface area contributed by atoms with Crippen LogP contribution in [0.5, 0.6) is 0 Å². The third kappa shape index (κ3) is 4.67. The monoisotopic (exact) mass is 285 g/mol. The Labute approximate surface area is 126 Å². The molecule has 3 nitrogen and oxygen atoms in total. The molecule has 0 aliphatic heterocycles. The fourth-order valence-corrected chi connectivity index (χ4v) is 2.52. The van der Waals surface area contributed by atoms with E-state index in [0.717, 1.165) is 13.1 Å². The Morgan fingerprint density at radius 1 is 0.619 bits per heavy atom. The molecule has 0 heterocycles. The SMILES string of the molecule is OCCc1ccccc1CNCc1ccccc1CCO. The summed E-state index contributed by atoms with van der Waals surface area (Å²) in [6, 6.07) is 16.4. The topological polar surface area (TPSA) is 52.5 Å². The van der Waals surface area contributed by atoms with Gasteiger partial charge in [0.2, 0.25) is 0 Å². The van der Waals surface area contributed by atoms with Gasteiger partial charge < -0.3 is 15.5 Å². The van der Waals surface area contributed by atoms with Crippen molar-refractivity contribution in [3.8, 4) is 0 Å². The molecule has 0 aliphatic rings. The van der Waals surface area contributed by atoms with E-state index in [9.17, 15) is 0 Å². The lowest BCUT2D eigenvalue weighted by molar-refractivity contribution is 0.299. The molecule has 0 spiro atoms. The van der Waals surface area contributed by atoms with Crippen molar-refractivity contribution in [2.75, 3.05) is 13.2 Å². The van der Waals surface area contributed by atoms with Gasteiger partial charge >= 0.3 is 0 Å². The second-order valence-electron chi connectivity index (χ2n) is 5.09. The Kier molecular flexibility index (Phi) is 6.41. The smallest absolute Gasteiger partial charge is 0.0471 e. The highest BCUT2D eigenvalue weighted by molar-refractivity contribution is 5.29. The van der Waals surface area contributed by atoms with Gasteiger partial charge in [0.1, 0.15) is 0 Å². The van der Waals surface area contributed by atoms with Crippen LogP contribution in [0.4, 0.5) is 0 Å². The Balaban J connectivity index is 1.95. The Morgan fingerprint density at radius 2 is 1.00 bits per heavy atom. The molecule has 0 atom stereocenters. The van der Waals surface area contributed by atoms with Gasteiger partial charge in [-0.2, -0.15) is 0 Å². The summed E-state index contributed by atoms with van der Waals surface area (Å²) in [6.45, 7) is 1.92. The van der Waals surface area contributed by atoms with E-state index in [2.05, 4.69) is 29.6 Å². The highest BCUT2D eigenvalue weighted by Gasteiger charge is 2.03. The van der Waals surface area contributed by atoms with Gasteiger partial charge in [-0.3, -0.25) is 0 Å². The van der Waals surface area contributed by atoms with Crippen LogP contribution in [0.1, 0.15) is 22.3 Å². The lowest BCUT2D eigenvalue weighted by Gasteiger charge is -2.12. The number of benzene rings is 2. The molecular formula is C18H23NO2. The van der Waals surface area contributed by atoms with E-state index < -0.39 is 0 Å². The zero-order valence-electron chi connectivity index (χ0n) is 12.3. The molecule has 0 radical (unpaired) electrons. The first-order valence-electron chi connectivity index (χ1n) is 7.41. The van der Waals surface area contributed by atoms with Crippen LogP contribution in [-0.2, 0) is 25.9 Å². The number of hydrogen-bond acceptors (Lipinski definition) is 3. The van der Waals surface area contributed by atoms with Gasteiger partial charge in [0.05, 0.1) is 0 Å². The minimum absolute atomic E-state index is 0.177. The van der Waals surface area contributed by atoms with E-state index in [1.54, 1.807) is 0 Å². The summed E-state index contributed by atoms with van der Waals surface area (Å²) in [5.41, 5.74) is 4.84. The predicted molar refractivity (Wildman–Crippen MR) is 85.0 cm³/mol. The first-order chi connectivity index (χ1) is 10.3. The number of aliphatic hydroxyl groups excluding tert-OH is 2. The molecule has 0 aromatic heterocycles. The van der Waals surface area contributed by atoms with E-state index in [1.807, 2.05) is 24.3 Å². The second-order valence-corrected chi connectivity index (χ2v) is 5.09. The van der Waals surface area contributed by atoms with E-state index >= 15 is 0 Å². The van der Waals surface area contributed by atoms with Gasteiger partial charge in [0.25, 0.3) is 0 Å². The quantitative estimate of drug-likeness (QED) is 0.696. The summed E-state index contributed by atoms with van der Waals surface area (Å²) in [5.74, 6) is 0. The van der Waals surface area contributed by atoms with Crippen molar-refractivity contribution in [3.63, 3.8) is 0 Å². The molecule has 21 heavy (non-hydrogen) atoms. The molecule has 0 amide bonds. The van der Waals surface area contributed by atoms with E-state index in [4.69, 9.17) is 10.2 Å². The highest BCUT2D eigenvalue weighted by atomic mass is 16.3. The molecule has 2 aromatic carbocycles. The van der Waals surface area contributed by atoms with Crippen LogP contribution in [0.25, 0.3) is 0 Å². The van der Waals surface area contributed by atoms with Crippen LogP contribution in [0.15, 0.2) is 48.5 Å². The van der Waals surface area contributed by atoms with Crippen molar-refractivity contribution in [3.05, 3.63) is 70.8 Å². The van der Waals surface area contributed by atoms with Gasteiger partial charge in [-0.1, -0.05) is 48.5 Å². The normalized spacial score (nSPS) is 10.8. The Bertz CT molecular complexity index is 505. The van der Waals surface area contributed by atoms with E-state index in [0.29, 0.717) is 12.8 Å². The molecule has 0 saturated carbocycles. The lowest BCUT2D eigenvalue weighted by atomic mass is 10.0. The fourth-order valence-electron chi connectivity index (χ4n) is 2.52. The number of aliphatic hydroxyl groups is 2. The van der Waals surface area contributed by atoms with Gasteiger partial charge in [-0.15, -0.1) is 0 Å². The van der Waals surface area contributed by atoms with Gasteiger partial charge in [0.15, 0.2) is 0 Å². The molecule has 2 aromatic rings. The van der Waals surface area contributed by atoms with Crippen molar-refractivity contribution in [1.82, 2.24) is 5.32 Å². The molecule has 3 N–H and O–H groups in total. The van der Waals surface area contributed by atoms with Crippen LogP contribution >= 0.6 is 0 Å². The van der Waals surface area contributed by atoms with Crippen molar-refractivity contribution < 1.29 is 10.2 Å². The minimum Gasteiger partial charge on any atom is -0.396 e. The fraction of sp³-hybridized carbons (Fsp3) is 0.333. The summed E-state index contributed by atoms with van der Waals surface area (Å²) < 4.78 is 0. The third-order valence-corrected chi connectivity index (χ3v) is 3.63. The molecule has 2 rings (SSSR count). The van der Waals surface area contributed by atoms with Crippen LogP contribution in [0.3, 0.4) is 0 Å². The number of rotatable bonds is 8. The maximum atomic E-state index is 9.10. The lowest BCUT2D eigenvalue weighted by Crippen LogP contribution is -2.15. The van der Waals surface area contributed by atoms with Crippen LogP contribution in [0.2, 0.25) is 0 Å². The molecule has 3 heteroatoms. The molecule has 0 fully saturated rings. The maximum Gasteiger partial charge on any atom is 0.0471 e. The van der Waals surface area contributed by atoms with Crippen LogP contribution < -0.4 is 5.32 Å². The van der Waals surface area contributed by atoms with Crippen molar-refractivity contribution in [2.45, 2.75) is 25.9 Å². The first kappa shape index (κ1) is 15.7. The van der Waals surface area contributed by atoms with E-state index in [-0.39, 0.29) is 13.2 Å². The average molecular weight is 285 g/mol. The first-order valence-corrected chi connectivity index (χ1v) is 7.41. The highest BCUT2D eigenvalue weighted by Crippen LogP contribution is 2.12. The molecule has 0 unspecified atom stereocenters. The number of nitrogens with one attached hydrogen (secondary N) is 1. The summed E-state index contributed by atoms with van der Waals surface area (Å²) in [5, 5.41) is 21.7. The second kappa shape index (κ2) is 8.57. The standard InChI is InChI=1S/C18H23NO2/c20-11-9-15-5-1-3-7-17(15)13-19-14-18-8-4-2-6-16(18)10-12-21/h1-8,19-21H,9-14H2. The van der Waals surface area contributed by atoms with Crippen molar-refractivity contribution in [1.29, 1.82) is 0 Å². The molecular weight excluding hydrogens is 262 g/mol.